The van der Waals surface area contributed by atoms with E-state index in [0.29, 0.717) is 0 Å². The predicted molar refractivity (Wildman–Crippen MR) is 137 cm³/mol. The van der Waals surface area contributed by atoms with Gasteiger partial charge in [-0.1, -0.05) is 24.6 Å². The Morgan fingerprint density at radius 1 is 1.17 bits per heavy atom. The zero-order valence-electron chi connectivity index (χ0n) is 21.0. The maximum absolute atomic E-state index is 13.5. The van der Waals surface area contributed by atoms with Gasteiger partial charge in [-0.3, -0.25) is 9.52 Å². The Morgan fingerprint density at radius 3 is 2.39 bits per heavy atom. The van der Waals surface area contributed by atoms with Gasteiger partial charge in [-0.15, -0.1) is 0 Å². The number of amides is 1. The molecule has 198 valence electrons. The van der Waals surface area contributed by atoms with Crippen LogP contribution in [0.25, 0.3) is 0 Å². The molecular formula is C24H33N3O7S2. The SMILES string of the molecule is Cc1ccc(S(=O)(=O)Nc2ccc3c(c2)C(=O)N([C@@H](C)CO)C[C@H](C)[C@@H](CN(C)S(C)(=O)=O)O3)cc1. The second kappa shape index (κ2) is 10.8. The number of aliphatic hydroxyl groups excluding tert-OH is 1. The summed E-state index contributed by atoms with van der Waals surface area (Å²) in [7, 11) is -5.92. The minimum atomic E-state index is -3.91. The average Bonchev–Trinajstić information content (AvgIpc) is 2.80. The number of likely N-dealkylation sites (N-methyl/N-ethyl adjacent to an activating group) is 1. The van der Waals surface area contributed by atoms with Crippen LogP contribution in [0.4, 0.5) is 5.69 Å². The van der Waals surface area contributed by atoms with Crippen molar-refractivity contribution >= 4 is 31.6 Å². The molecule has 1 amide bonds. The number of fused-ring (bicyclic) bond motifs is 1. The van der Waals surface area contributed by atoms with Crippen molar-refractivity contribution in [3.63, 3.8) is 0 Å². The second-order valence-electron chi connectivity index (χ2n) is 9.30. The van der Waals surface area contributed by atoms with Crippen LogP contribution in [-0.4, -0.2) is 82.2 Å². The molecule has 0 fully saturated rings. The van der Waals surface area contributed by atoms with E-state index in [-0.39, 0.29) is 47.5 Å². The molecule has 0 saturated carbocycles. The quantitative estimate of drug-likeness (QED) is 0.523. The standard InChI is InChI=1S/C24H33N3O7S2/c1-16-6-9-20(10-7-16)36(32,33)25-19-8-11-22-21(12-19)24(29)27(18(3)15-28)13-17(2)23(34-22)14-26(4)35(5,30)31/h6-12,17-18,23,25,28H,13-15H2,1-5H3/t17-,18-,23+/m0/s1. The molecule has 1 aliphatic heterocycles. The van der Waals surface area contributed by atoms with E-state index in [9.17, 15) is 26.7 Å². The van der Waals surface area contributed by atoms with Gasteiger partial charge in [0.1, 0.15) is 11.9 Å². The lowest BCUT2D eigenvalue weighted by molar-refractivity contribution is 0.0387. The molecule has 10 nitrogen and oxygen atoms in total. The zero-order valence-corrected chi connectivity index (χ0v) is 22.6. The molecule has 0 bridgehead atoms. The maximum Gasteiger partial charge on any atom is 0.261 e. The van der Waals surface area contributed by atoms with Gasteiger partial charge in [0.2, 0.25) is 10.0 Å². The molecule has 12 heteroatoms. The van der Waals surface area contributed by atoms with E-state index in [2.05, 4.69) is 4.72 Å². The van der Waals surface area contributed by atoms with Gasteiger partial charge in [-0.2, -0.15) is 0 Å². The summed E-state index contributed by atoms with van der Waals surface area (Å²) in [4.78, 5) is 15.1. The highest BCUT2D eigenvalue weighted by atomic mass is 32.2. The molecule has 0 spiro atoms. The van der Waals surface area contributed by atoms with Crippen LogP contribution in [0.1, 0.15) is 29.8 Å². The van der Waals surface area contributed by atoms with Gasteiger partial charge in [0, 0.05) is 25.2 Å². The number of carbonyl (C=O) groups excluding carboxylic acids is 1. The molecule has 1 heterocycles. The highest BCUT2D eigenvalue weighted by molar-refractivity contribution is 7.92. The first kappa shape index (κ1) is 27.9. The van der Waals surface area contributed by atoms with Crippen molar-refractivity contribution in [2.45, 2.75) is 37.8 Å². The highest BCUT2D eigenvalue weighted by Crippen LogP contribution is 2.31. The second-order valence-corrected chi connectivity index (χ2v) is 13.1. The number of benzene rings is 2. The largest absolute Gasteiger partial charge is 0.488 e. The van der Waals surface area contributed by atoms with Crippen LogP contribution >= 0.6 is 0 Å². The first-order chi connectivity index (χ1) is 16.7. The van der Waals surface area contributed by atoms with Crippen molar-refractivity contribution in [3.05, 3.63) is 53.6 Å². The third-order valence-electron chi connectivity index (χ3n) is 6.25. The molecule has 0 unspecified atom stereocenters. The van der Waals surface area contributed by atoms with E-state index in [1.54, 1.807) is 19.1 Å². The van der Waals surface area contributed by atoms with Crippen LogP contribution in [0.15, 0.2) is 47.4 Å². The topological polar surface area (TPSA) is 133 Å². The summed E-state index contributed by atoms with van der Waals surface area (Å²) in [5.41, 5.74) is 1.20. The summed E-state index contributed by atoms with van der Waals surface area (Å²) in [5, 5.41) is 9.77. The predicted octanol–water partition coefficient (Wildman–Crippen LogP) is 1.91. The Kier molecular flexibility index (Phi) is 8.33. The number of carbonyl (C=O) groups is 1. The van der Waals surface area contributed by atoms with E-state index >= 15 is 0 Å². The van der Waals surface area contributed by atoms with Gasteiger partial charge in [-0.25, -0.2) is 21.1 Å². The normalized spacial score (nSPS) is 19.8. The van der Waals surface area contributed by atoms with Gasteiger partial charge in [0.15, 0.2) is 0 Å². The summed E-state index contributed by atoms with van der Waals surface area (Å²) in [6.07, 6.45) is 0.505. The van der Waals surface area contributed by atoms with Crippen molar-refractivity contribution in [1.29, 1.82) is 0 Å². The van der Waals surface area contributed by atoms with Crippen molar-refractivity contribution in [3.8, 4) is 5.75 Å². The fourth-order valence-corrected chi connectivity index (χ4v) is 5.29. The van der Waals surface area contributed by atoms with Crippen LogP contribution in [0.3, 0.4) is 0 Å². The molecule has 1 aliphatic rings. The summed E-state index contributed by atoms with van der Waals surface area (Å²) >= 11 is 0. The fraction of sp³-hybridized carbons (Fsp3) is 0.458. The first-order valence-corrected chi connectivity index (χ1v) is 14.8. The van der Waals surface area contributed by atoms with Gasteiger partial charge in [-0.05, 0) is 44.2 Å². The summed E-state index contributed by atoms with van der Waals surface area (Å²) < 4.78 is 59.6. The number of rotatable bonds is 8. The highest BCUT2D eigenvalue weighted by Gasteiger charge is 2.34. The fourth-order valence-electron chi connectivity index (χ4n) is 3.82. The molecule has 0 aromatic heterocycles. The van der Waals surface area contributed by atoms with Crippen molar-refractivity contribution < 1.29 is 31.5 Å². The lowest BCUT2D eigenvalue weighted by atomic mass is 9.99. The third kappa shape index (κ3) is 6.36. The van der Waals surface area contributed by atoms with Crippen LogP contribution in [0.2, 0.25) is 0 Å². The number of hydrogen-bond acceptors (Lipinski definition) is 7. The number of ether oxygens (including phenoxy) is 1. The molecule has 3 atom stereocenters. The van der Waals surface area contributed by atoms with Gasteiger partial charge in [0.05, 0.1) is 35.9 Å². The van der Waals surface area contributed by atoms with Crippen molar-refractivity contribution in [2.24, 2.45) is 5.92 Å². The van der Waals surface area contributed by atoms with Crippen LogP contribution in [0, 0.1) is 12.8 Å². The average molecular weight is 540 g/mol. The number of anilines is 1. The van der Waals surface area contributed by atoms with Gasteiger partial charge < -0.3 is 14.7 Å². The summed E-state index contributed by atoms with van der Waals surface area (Å²) in [6, 6.07) is 10.2. The zero-order chi connectivity index (χ0) is 26.8. The Hall–Kier alpha value is -2.67. The lowest BCUT2D eigenvalue weighted by Gasteiger charge is -2.38. The summed E-state index contributed by atoms with van der Waals surface area (Å²) in [6.45, 7) is 5.39. The van der Waals surface area contributed by atoms with Gasteiger partial charge in [0.25, 0.3) is 15.9 Å². The molecule has 3 rings (SSSR count). The minimum absolute atomic E-state index is 0.0524. The lowest BCUT2D eigenvalue weighted by Crippen LogP contribution is -2.50. The molecule has 0 radical (unpaired) electrons. The summed E-state index contributed by atoms with van der Waals surface area (Å²) in [5.74, 6) is -0.489. The number of aryl methyl sites for hydroxylation is 1. The molecule has 2 aromatic rings. The van der Waals surface area contributed by atoms with Crippen molar-refractivity contribution in [1.82, 2.24) is 9.21 Å². The molecule has 2 N–H and O–H groups in total. The van der Waals surface area contributed by atoms with Crippen LogP contribution in [-0.2, 0) is 20.0 Å². The monoisotopic (exact) mass is 539 g/mol. The number of sulfonamides is 2. The number of hydrogen-bond donors (Lipinski definition) is 2. The Balaban J connectivity index is 2.01. The van der Waals surface area contributed by atoms with Crippen LogP contribution < -0.4 is 9.46 Å². The first-order valence-electron chi connectivity index (χ1n) is 11.5. The smallest absolute Gasteiger partial charge is 0.261 e. The Morgan fingerprint density at radius 2 is 1.81 bits per heavy atom. The van der Waals surface area contributed by atoms with E-state index in [1.165, 1.54) is 46.6 Å². The van der Waals surface area contributed by atoms with E-state index in [4.69, 9.17) is 4.74 Å². The third-order valence-corrected chi connectivity index (χ3v) is 8.93. The maximum atomic E-state index is 13.5. The minimum Gasteiger partial charge on any atom is -0.488 e. The Bertz CT molecular complexity index is 1310. The number of nitrogens with one attached hydrogen (secondary N) is 1. The van der Waals surface area contributed by atoms with Gasteiger partial charge >= 0.3 is 0 Å². The van der Waals surface area contributed by atoms with Crippen LogP contribution in [0.5, 0.6) is 5.75 Å². The molecular weight excluding hydrogens is 506 g/mol. The number of nitrogens with zero attached hydrogens (tertiary/aromatic N) is 2. The molecule has 36 heavy (non-hydrogen) atoms. The van der Waals surface area contributed by atoms with E-state index in [0.717, 1.165) is 11.8 Å². The van der Waals surface area contributed by atoms with E-state index < -0.39 is 38.1 Å². The van der Waals surface area contributed by atoms with Crippen molar-refractivity contribution in [2.75, 3.05) is 37.7 Å². The van der Waals surface area contributed by atoms with E-state index in [1.807, 2.05) is 13.8 Å². The molecule has 0 aliphatic carbocycles. The number of aliphatic hydroxyl groups is 1. The molecule has 2 aromatic carbocycles. The Labute approximate surface area is 213 Å². The molecule has 0 saturated heterocycles.